The Balaban J connectivity index is 1.95. The highest BCUT2D eigenvalue weighted by Gasteiger charge is 2.34. The van der Waals surface area contributed by atoms with E-state index in [0.717, 1.165) is 25.1 Å². The Morgan fingerprint density at radius 2 is 2.24 bits per heavy atom. The highest BCUT2D eigenvalue weighted by molar-refractivity contribution is 5.91. The zero-order valence-corrected chi connectivity index (χ0v) is 12.8. The van der Waals surface area contributed by atoms with Gasteiger partial charge >= 0.3 is 0 Å². The van der Waals surface area contributed by atoms with Crippen LogP contribution in [0.5, 0.6) is 5.75 Å². The lowest BCUT2D eigenvalue weighted by Gasteiger charge is -2.30. The predicted octanol–water partition coefficient (Wildman–Crippen LogP) is 3.06. The molecule has 4 nitrogen and oxygen atoms in total. The first-order valence-electron chi connectivity index (χ1n) is 7.68. The monoisotopic (exact) mass is 283 g/mol. The Hall–Kier alpha value is -2.10. The maximum atomic E-state index is 5.38. The number of aromatic nitrogens is 1. The summed E-state index contributed by atoms with van der Waals surface area (Å²) in [4.78, 5) is 6.11. The van der Waals surface area contributed by atoms with Gasteiger partial charge in [0.05, 0.1) is 24.7 Å². The van der Waals surface area contributed by atoms with Crippen molar-refractivity contribution in [2.75, 3.05) is 13.7 Å². The normalized spacial score (nSPS) is 20.5. The number of nitrogens with one attached hydrogen (secondary N) is 2. The van der Waals surface area contributed by atoms with Gasteiger partial charge in [-0.1, -0.05) is 6.92 Å². The molecule has 0 bridgehead atoms. The fraction of sp³-hybridized carbons (Fsp3) is 0.412. The van der Waals surface area contributed by atoms with Crippen LogP contribution in [-0.4, -0.2) is 29.7 Å². The molecule has 0 fully saturated rings. The van der Waals surface area contributed by atoms with Crippen LogP contribution in [0.15, 0.2) is 23.9 Å². The van der Waals surface area contributed by atoms with Crippen molar-refractivity contribution in [2.24, 2.45) is 0 Å². The van der Waals surface area contributed by atoms with Crippen molar-refractivity contribution in [3.05, 3.63) is 35.2 Å². The second-order valence-corrected chi connectivity index (χ2v) is 5.83. The summed E-state index contributed by atoms with van der Waals surface area (Å²) in [6.45, 7) is 5.52. The molecule has 1 atom stereocenters. The van der Waals surface area contributed by atoms with Gasteiger partial charge in [0.2, 0.25) is 0 Å². The van der Waals surface area contributed by atoms with E-state index in [0.29, 0.717) is 6.17 Å². The van der Waals surface area contributed by atoms with E-state index < -0.39 is 0 Å². The number of benzene rings is 1. The fourth-order valence-electron chi connectivity index (χ4n) is 3.68. The lowest BCUT2D eigenvalue weighted by atomic mass is 10.00. The fourth-order valence-corrected chi connectivity index (χ4v) is 3.68. The molecule has 2 aliphatic rings. The molecule has 3 heterocycles. The molecule has 1 unspecified atom stereocenters. The summed E-state index contributed by atoms with van der Waals surface area (Å²) in [5.41, 5.74) is 6.63. The molecule has 2 N–H and O–H groups in total. The first-order chi connectivity index (χ1) is 10.2. The topological polar surface area (TPSA) is 40.3 Å². The molecular formula is C17H21N3O. The van der Waals surface area contributed by atoms with Crippen molar-refractivity contribution in [1.29, 1.82) is 0 Å². The molecule has 4 rings (SSSR count). The van der Waals surface area contributed by atoms with Gasteiger partial charge in [0.15, 0.2) is 0 Å². The second-order valence-electron chi connectivity index (χ2n) is 5.83. The van der Waals surface area contributed by atoms with Gasteiger partial charge in [0, 0.05) is 23.1 Å². The van der Waals surface area contributed by atoms with Gasteiger partial charge in [-0.25, -0.2) is 0 Å². The van der Waals surface area contributed by atoms with Crippen LogP contribution in [0, 0.1) is 0 Å². The van der Waals surface area contributed by atoms with Crippen molar-refractivity contribution in [3.8, 4) is 5.75 Å². The number of hydrogen-bond donors (Lipinski definition) is 2. The molecule has 0 saturated heterocycles. The Kier molecular flexibility index (Phi) is 2.67. The van der Waals surface area contributed by atoms with E-state index >= 15 is 0 Å². The van der Waals surface area contributed by atoms with Gasteiger partial charge in [-0.3, -0.25) is 0 Å². The van der Waals surface area contributed by atoms with E-state index in [1.165, 1.54) is 33.6 Å². The smallest absolute Gasteiger partial charge is 0.119 e. The van der Waals surface area contributed by atoms with Crippen molar-refractivity contribution in [2.45, 2.75) is 32.9 Å². The van der Waals surface area contributed by atoms with Crippen LogP contribution >= 0.6 is 0 Å². The first-order valence-corrected chi connectivity index (χ1v) is 7.68. The highest BCUT2D eigenvalue weighted by atomic mass is 16.5. The summed E-state index contributed by atoms with van der Waals surface area (Å²) >= 11 is 0. The number of hydrogen-bond acceptors (Lipinski definition) is 3. The zero-order chi connectivity index (χ0) is 14.6. The van der Waals surface area contributed by atoms with Gasteiger partial charge in [-0.15, -0.1) is 0 Å². The summed E-state index contributed by atoms with van der Waals surface area (Å²) in [5, 5.41) is 4.91. The largest absolute Gasteiger partial charge is 0.497 e. The molecule has 4 heteroatoms. The average molecular weight is 283 g/mol. The Bertz CT molecular complexity index is 744. The summed E-state index contributed by atoms with van der Waals surface area (Å²) in [5.74, 6) is 0.925. The van der Waals surface area contributed by atoms with Crippen LogP contribution in [0.2, 0.25) is 0 Å². The molecule has 0 amide bonds. The minimum Gasteiger partial charge on any atom is -0.497 e. The standard InChI is InChI=1S/C17H21N3O/c1-4-14-17-16-12(7-8-20(17)10(2)18-14)13-9-11(21-3)5-6-15(13)19-16/h5-6,9-10,18-19H,4,7-8H2,1-3H3. The quantitative estimate of drug-likeness (QED) is 0.890. The van der Waals surface area contributed by atoms with Gasteiger partial charge in [-0.2, -0.15) is 0 Å². The molecule has 0 aliphatic carbocycles. The van der Waals surface area contributed by atoms with Crippen molar-refractivity contribution >= 4 is 16.6 Å². The van der Waals surface area contributed by atoms with Crippen LogP contribution in [0.4, 0.5) is 0 Å². The van der Waals surface area contributed by atoms with Crippen molar-refractivity contribution in [3.63, 3.8) is 0 Å². The van der Waals surface area contributed by atoms with Gasteiger partial charge < -0.3 is 19.9 Å². The molecule has 0 saturated carbocycles. The average Bonchev–Trinajstić information content (AvgIpc) is 3.04. The molecule has 0 radical (unpaired) electrons. The summed E-state index contributed by atoms with van der Waals surface area (Å²) in [6.07, 6.45) is 2.51. The zero-order valence-electron chi connectivity index (χ0n) is 12.8. The van der Waals surface area contributed by atoms with Gasteiger partial charge in [0.25, 0.3) is 0 Å². The minimum atomic E-state index is 0.393. The highest BCUT2D eigenvalue weighted by Crippen LogP contribution is 2.39. The molecular weight excluding hydrogens is 262 g/mol. The lowest BCUT2D eigenvalue weighted by Crippen LogP contribution is -2.37. The van der Waals surface area contributed by atoms with Crippen molar-refractivity contribution < 1.29 is 4.74 Å². The number of ether oxygens (including phenoxy) is 1. The molecule has 21 heavy (non-hydrogen) atoms. The number of methoxy groups -OCH3 is 1. The Morgan fingerprint density at radius 1 is 1.38 bits per heavy atom. The van der Waals surface area contributed by atoms with E-state index in [1.54, 1.807) is 7.11 Å². The van der Waals surface area contributed by atoms with Crippen LogP contribution < -0.4 is 10.1 Å². The molecule has 1 aromatic carbocycles. The second kappa shape index (κ2) is 4.45. The molecule has 1 aromatic heterocycles. The predicted molar refractivity (Wildman–Crippen MR) is 85.1 cm³/mol. The summed E-state index contributed by atoms with van der Waals surface area (Å²) in [6, 6.07) is 6.29. The van der Waals surface area contributed by atoms with E-state index in [4.69, 9.17) is 4.74 Å². The Labute approximate surface area is 124 Å². The third-order valence-corrected chi connectivity index (χ3v) is 4.73. The van der Waals surface area contributed by atoms with Crippen LogP contribution in [0.3, 0.4) is 0 Å². The first kappa shape index (κ1) is 12.6. The number of H-pyrrole nitrogens is 1. The van der Waals surface area contributed by atoms with E-state index in [2.05, 4.69) is 41.2 Å². The maximum Gasteiger partial charge on any atom is 0.119 e. The lowest BCUT2D eigenvalue weighted by molar-refractivity contribution is 0.307. The number of nitrogens with zero attached hydrogens (tertiary/aromatic N) is 1. The van der Waals surface area contributed by atoms with Gasteiger partial charge in [0.1, 0.15) is 5.75 Å². The molecule has 0 spiro atoms. The van der Waals surface area contributed by atoms with Crippen LogP contribution in [-0.2, 0) is 6.42 Å². The molecule has 2 aromatic rings. The number of aromatic amines is 1. The number of allylic oxidation sites excluding steroid dienone is 1. The van der Waals surface area contributed by atoms with E-state index in [1.807, 2.05) is 6.07 Å². The van der Waals surface area contributed by atoms with Gasteiger partial charge in [-0.05, 0) is 43.5 Å². The molecule has 110 valence electrons. The van der Waals surface area contributed by atoms with Crippen LogP contribution in [0.25, 0.3) is 16.6 Å². The third kappa shape index (κ3) is 1.68. The summed E-state index contributed by atoms with van der Waals surface area (Å²) in [7, 11) is 1.72. The number of rotatable bonds is 2. The van der Waals surface area contributed by atoms with E-state index in [9.17, 15) is 0 Å². The van der Waals surface area contributed by atoms with E-state index in [-0.39, 0.29) is 0 Å². The van der Waals surface area contributed by atoms with Crippen molar-refractivity contribution in [1.82, 2.24) is 15.2 Å². The Morgan fingerprint density at radius 3 is 3.00 bits per heavy atom. The number of fused-ring (bicyclic) bond motifs is 5. The van der Waals surface area contributed by atoms with Crippen LogP contribution in [0.1, 0.15) is 31.5 Å². The maximum absolute atomic E-state index is 5.38. The third-order valence-electron chi connectivity index (χ3n) is 4.73. The minimum absolute atomic E-state index is 0.393. The SMILES string of the molecule is CCC1=C2c3[nH]c4ccc(OC)cc4c3CCN2C(C)N1. The molecule has 2 aliphatic heterocycles. The summed E-state index contributed by atoms with van der Waals surface area (Å²) < 4.78 is 5.38.